The van der Waals surface area contributed by atoms with Gasteiger partial charge in [0, 0.05) is 28.2 Å². The lowest BCUT2D eigenvalue weighted by Crippen LogP contribution is -1.99. The maximum atomic E-state index is 11.1. The Hall–Kier alpha value is -0.930. The Morgan fingerprint density at radius 3 is 2.88 bits per heavy atom. The highest BCUT2D eigenvalue weighted by molar-refractivity contribution is 8.14. The highest BCUT2D eigenvalue weighted by atomic mass is 35.5. The van der Waals surface area contributed by atoms with Crippen LogP contribution in [-0.2, 0) is 11.2 Å². The molecule has 0 aromatic heterocycles. The van der Waals surface area contributed by atoms with E-state index in [0.29, 0.717) is 5.75 Å². The zero-order valence-corrected chi connectivity index (χ0v) is 11.2. The van der Waals surface area contributed by atoms with Crippen LogP contribution in [0.2, 0.25) is 5.02 Å². The first-order chi connectivity index (χ1) is 8.19. The van der Waals surface area contributed by atoms with E-state index in [2.05, 4.69) is 12.2 Å². The minimum atomic E-state index is 0.112. The van der Waals surface area contributed by atoms with Gasteiger partial charge in [0.05, 0.1) is 0 Å². The van der Waals surface area contributed by atoms with Crippen molar-refractivity contribution in [3.05, 3.63) is 40.6 Å². The molecule has 1 aromatic carbocycles. The second kappa shape index (κ2) is 5.61. The molecule has 0 amide bonds. The monoisotopic (exact) mass is 267 g/mol. The maximum Gasteiger partial charge on any atom is 0.214 e. The van der Waals surface area contributed by atoms with Gasteiger partial charge >= 0.3 is 0 Å². The number of benzene rings is 1. The van der Waals surface area contributed by atoms with E-state index < -0.39 is 0 Å². The van der Waals surface area contributed by atoms with Gasteiger partial charge in [-0.15, -0.1) is 0 Å². The third-order valence-electron chi connectivity index (χ3n) is 2.54. The van der Waals surface area contributed by atoms with Crippen LogP contribution >= 0.6 is 23.4 Å². The fourth-order valence-corrected chi connectivity index (χ4v) is 2.68. The van der Waals surface area contributed by atoms with E-state index in [1.165, 1.54) is 17.3 Å². The van der Waals surface area contributed by atoms with Crippen molar-refractivity contribution < 1.29 is 4.79 Å². The van der Waals surface area contributed by atoms with Gasteiger partial charge in [0.25, 0.3) is 0 Å². The van der Waals surface area contributed by atoms with Crippen LogP contribution in [0.25, 0.3) is 0 Å². The average molecular weight is 268 g/mol. The number of carbonyl (C=O) groups excluding carboxylic acids is 1. The Balaban J connectivity index is 2.10. The van der Waals surface area contributed by atoms with Gasteiger partial charge in [-0.05, 0) is 24.1 Å². The molecule has 0 aliphatic carbocycles. The van der Waals surface area contributed by atoms with Crippen LogP contribution in [0.3, 0.4) is 0 Å². The van der Waals surface area contributed by atoms with E-state index in [1.807, 2.05) is 18.2 Å². The summed E-state index contributed by atoms with van der Waals surface area (Å²) in [6, 6.07) is 5.96. The summed E-state index contributed by atoms with van der Waals surface area (Å²) in [7, 11) is 0. The molecule has 17 heavy (non-hydrogen) atoms. The molecule has 0 unspecified atom stereocenters. The molecule has 2 nitrogen and oxygen atoms in total. The molecule has 1 N–H and O–H groups in total. The highest BCUT2D eigenvalue weighted by Gasteiger charge is 2.12. The van der Waals surface area contributed by atoms with Crippen molar-refractivity contribution in [1.82, 2.24) is 0 Å². The van der Waals surface area contributed by atoms with Gasteiger partial charge < -0.3 is 5.32 Å². The third kappa shape index (κ3) is 3.27. The SMILES string of the molecule is CCCc1ccc(NC2=CC(=O)SC2)cc1Cl. The van der Waals surface area contributed by atoms with Crippen molar-refractivity contribution in [2.24, 2.45) is 0 Å². The van der Waals surface area contributed by atoms with Crippen LogP contribution < -0.4 is 5.32 Å². The summed E-state index contributed by atoms with van der Waals surface area (Å²) < 4.78 is 0. The van der Waals surface area contributed by atoms with Crippen molar-refractivity contribution in [2.75, 3.05) is 11.1 Å². The Morgan fingerprint density at radius 2 is 2.29 bits per heavy atom. The molecule has 0 fully saturated rings. The first-order valence-electron chi connectivity index (χ1n) is 5.62. The van der Waals surface area contributed by atoms with Gasteiger partial charge in [-0.25, -0.2) is 0 Å². The number of aryl methyl sites for hydroxylation is 1. The lowest BCUT2D eigenvalue weighted by molar-refractivity contribution is -0.106. The van der Waals surface area contributed by atoms with E-state index in [1.54, 1.807) is 6.08 Å². The number of carbonyl (C=O) groups is 1. The van der Waals surface area contributed by atoms with Gasteiger partial charge in [0.2, 0.25) is 5.12 Å². The van der Waals surface area contributed by atoms with Crippen molar-refractivity contribution >= 4 is 34.2 Å². The predicted octanol–water partition coefficient (Wildman–Crippen LogP) is 3.86. The van der Waals surface area contributed by atoms with Gasteiger partial charge in [0.15, 0.2) is 0 Å². The molecular weight excluding hydrogens is 254 g/mol. The molecule has 0 spiro atoms. The predicted molar refractivity (Wildman–Crippen MR) is 74.6 cm³/mol. The normalized spacial score (nSPS) is 14.9. The quantitative estimate of drug-likeness (QED) is 0.898. The van der Waals surface area contributed by atoms with Gasteiger partial charge in [-0.2, -0.15) is 0 Å². The molecule has 1 heterocycles. The van der Waals surface area contributed by atoms with Crippen LogP contribution in [0.4, 0.5) is 5.69 Å². The number of thioether (sulfide) groups is 1. The number of nitrogens with one attached hydrogen (secondary N) is 1. The summed E-state index contributed by atoms with van der Waals surface area (Å²) in [4.78, 5) is 11.1. The molecule has 0 saturated carbocycles. The summed E-state index contributed by atoms with van der Waals surface area (Å²) in [6.07, 6.45) is 3.72. The first kappa shape index (κ1) is 12.5. The molecule has 0 bridgehead atoms. The molecule has 1 aliphatic heterocycles. The molecule has 2 rings (SSSR count). The Bertz CT molecular complexity index is 470. The van der Waals surface area contributed by atoms with Gasteiger partial charge in [0.1, 0.15) is 0 Å². The molecule has 4 heteroatoms. The molecular formula is C13H14ClNOS. The first-order valence-corrected chi connectivity index (χ1v) is 6.98. The second-order valence-electron chi connectivity index (χ2n) is 3.96. The standard InChI is InChI=1S/C13H14ClNOS/c1-2-3-9-4-5-10(6-12(9)14)15-11-7-13(16)17-8-11/h4-7,15H,2-3,8H2,1H3. The minimum Gasteiger partial charge on any atom is -0.358 e. The number of anilines is 1. The van der Waals surface area contributed by atoms with E-state index in [4.69, 9.17) is 11.6 Å². The fraction of sp³-hybridized carbons (Fsp3) is 0.308. The summed E-state index contributed by atoms with van der Waals surface area (Å²) in [5.74, 6) is 0.715. The summed E-state index contributed by atoms with van der Waals surface area (Å²) in [6.45, 7) is 2.13. The molecule has 0 saturated heterocycles. The molecule has 0 atom stereocenters. The van der Waals surface area contributed by atoms with E-state index in [0.717, 1.165) is 29.2 Å². The van der Waals surface area contributed by atoms with Gasteiger partial charge in [-0.3, -0.25) is 4.79 Å². The zero-order valence-electron chi connectivity index (χ0n) is 9.63. The van der Waals surface area contributed by atoms with Crippen LogP contribution in [0.15, 0.2) is 30.0 Å². The molecule has 1 aliphatic rings. The molecule has 1 aromatic rings. The smallest absolute Gasteiger partial charge is 0.214 e. The van der Waals surface area contributed by atoms with E-state index >= 15 is 0 Å². The number of rotatable bonds is 4. The largest absolute Gasteiger partial charge is 0.358 e. The number of hydrogen-bond acceptors (Lipinski definition) is 3. The fourth-order valence-electron chi connectivity index (χ4n) is 1.73. The topological polar surface area (TPSA) is 29.1 Å². The third-order valence-corrected chi connectivity index (χ3v) is 3.75. The molecule has 0 radical (unpaired) electrons. The van der Waals surface area contributed by atoms with Crippen molar-refractivity contribution in [3.63, 3.8) is 0 Å². The zero-order chi connectivity index (χ0) is 12.3. The van der Waals surface area contributed by atoms with Crippen molar-refractivity contribution in [3.8, 4) is 0 Å². The average Bonchev–Trinajstić information content (AvgIpc) is 2.68. The van der Waals surface area contributed by atoms with Crippen LogP contribution in [-0.4, -0.2) is 10.9 Å². The summed E-state index contributed by atoms with van der Waals surface area (Å²) in [5.41, 5.74) is 3.06. The second-order valence-corrected chi connectivity index (χ2v) is 5.35. The maximum absolute atomic E-state index is 11.1. The minimum absolute atomic E-state index is 0.112. The van der Waals surface area contributed by atoms with Crippen molar-refractivity contribution in [2.45, 2.75) is 19.8 Å². The van der Waals surface area contributed by atoms with Crippen LogP contribution in [0, 0.1) is 0 Å². The number of halogens is 1. The van der Waals surface area contributed by atoms with E-state index in [-0.39, 0.29) is 5.12 Å². The Morgan fingerprint density at radius 1 is 1.47 bits per heavy atom. The summed E-state index contributed by atoms with van der Waals surface area (Å²) >= 11 is 7.50. The number of hydrogen-bond donors (Lipinski definition) is 1. The van der Waals surface area contributed by atoms with E-state index in [9.17, 15) is 4.79 Å². The highest BCUT2D eigenvalue weighted by Crippen LogP contribution is 2.25. The van der Waals surface area contributed by atoms with Crippen LogP contribution in [0.5, 0.6) is 0 Å². The Kier molecular flexibility index (Phi) is 4.13. The Labute approximate surface area is 110 Å². The van der Waals surface area contributed by atoms with Crippen LogP contribution in [0.1, 0.15) is 18.9 Å². The lowest BCUT2D eigenvalue weighted by atomic mass is 10.1. The summed E-state index contributed by atoms with van der Waals surface area (Å²) in [5, 5.41) is 4.12. The molecule has 90 valence electrons. The van der Waals surface area contributed by atoms with Gasteiger partial charge in [-0.1, -0.05) is 42.8 Å². The lowest BCUT2D eigenvalue weighted by Gasteiger charge is -2.09. The van der Waals surface area contributed by atoms with Crippen molar-refractivity contribution in [1.29, 1.82) is 0 Å².